The van der Waals surface area contributed by atoms with E-state index in [9.17, 15) is 0 Å². The lowest BCUT2D eigenvalue weighted by Crippen LogP contribution is -2.19. The maximum atomic E-state index is 6.01. The Bertz CT molecular complexity index is 881. The first kappa shape index (κ1) is 13.0. The quantitative estimate of drug-likeness (QED) is 0.672. The van der Waals surface area contributed by atoms with Crippen LogP contribution >= 0.6 is 23.8 Å². The number of rotatable bonds is 1. The first-order chi connectivity index (χ1) is 10.2. The molecule has 0 aliphatic heterocycles. The van der Waals surface area contributed by atoms with E-state index in [4.69, 9.17) is 23.8 Å². The molecule has 2 heterocycles. The number of nitrogens with one attached hydrogen (secondary N) is 1. The molecule has 0 spiro atoms. The highest BCUT2D eigenvalue weighted by Crippen LogP contribution is 2.31. The smallest absolute Gasteiger partial charge is 0.179 e. The van der Waals surface area contributed by atoms with E-state index in [1.54, 1.807) is 6.20 Å². The highest BCUT2D eigenvalue weighted by molar-refractivity contribution is 7.71. The molecule has 1 aromatic carbocycles. The van der Waals surface area contributed by atoms with Crippen LogP contribution < -0.4 is 0 Å². The van der Waals surface area contributed by atoms with Crippen molar-refractivity contribution in [3.05, 3.63) is 57.4 Å². The summed E-state index contributed by atoms with van der Waals surface area (Å²) in [6.45, 7) is 0. The second kappa shape index (κ2) is 4.97. The molecule has 1 aliphatic rings. The molecule has 0 saturated heterocycles. The molecular formula is C16H14ClN3S. The predicted molar refractivity (Wildman–Crippen MR) is 87.4 cm³/mol. The van der Waals surface area contributed by atoms with Crippen LogP contribution in [0.4, 0.5) is 0 Å². The number of nitrogens with zero attached hydrogens (tertiary/aromatic N) is 2. The van der Waals surface area contributed by atoms with Crippen molar-refractivity contribution >= 4 is 35.0 Å². The third-order valence-corrected chi connectivity index (χ3v) is 4.71. The van der Waals surface area contributed by atoms with Crippen molar-refractivity contribution in [1.29, 1.82) is 0 Å². The molecular weight excluding hydrogens is 302 g/mol. The first-order valence-electron chi connectivity index (χ1n) is 7.05. The largest absolute Gasteiger partial charge is 0.329 e. The zero-order chi connectivity index (χ0) is 14.4. The fourth-order valence-electron chi connectivity index (χ4n) is 3.23. The second-order valence-corrected chi connectivity index (χ2v) is 6.31. The van der Waals surface area contributed by atoms with Gasteiger partial charge in [-0.1, -0.05) is 35.9 Å². The van der Waals surface area contributed by atoms with E-state index in [2.05, 4.69) is 38.8 Å². The summed E-state index contributed by atoms with van der Waals surface area (Å²) < 4.78 is 2.88. The van der Waals surface area contributed by atoms with Gasteiger partial charge in [-0.15, -0.1) is 0 Å². The minimum atomic E-state index is 0.356. The number of halogens is 1. The molecule has 2 aromatic heterocycles. The monoisotopic (exact) mass is 315 g/mol. The van der Waals surface area contributed by atoms with E-state index >= 15 is 0 Å². The van der Waals surface area contributed by atoms with Crippen molar-refractivity contribution in [3.63, 3.8) is 0 Å². The molecule has 0 fully saturated rings. The number of benzene rings is 1. The van der Waals surface area contributed by atoms with Crippen LogP contribution in [-0.4, -0.2) is 14.5 Å². The minimum Gasteiger partial charge on any atom is -0.329 e. The summed E-state index contributed by atoms with van der Waals surface area (Å²) in [6, 6.07) is 10.9. The van der Waals surface area contributed by atoms with Gasteiger partial charge >= 0.3 is 0 Å². The number of H-pyrrole nitrogens is 1. The van der Waals surface area contributed by atoms with Crippen LogP contribution in [0.15, 0.2) is 36.5 Å². The van der Waals surface area contributed by atoms with Gasteiger partial charge in [0.25, 0.3) is 0 Å². The molecule has 21 heavy (non-hydrogen) atoms. The average molecular weight is 316 g/mol. The van der Waals surface area contributed by atoms with Crippen molar-refractivity contribution < 1.29 is 0 Å². The third kappa shape index (κ3) is 2.19. The van der Waals surface area contributed by atoms with Crippen molar-refractivity contribution in [3.8, 4) is 0 Å². The molecule has 3 nitrogen and oxygen atoms in total. The van der Waals surface area contributed by atoms with Crippen molar-refractivity contribution in [2.75, 3.05) is 0 Å². The molecule has 0 radical (unpaired) electrons. The van der Waals surface area contributed by atoms with Gasteiger partial charge in [-0.3, -0.25) is 4.57 Å². The lowest BCUT2D eigenvalue weighted by Gasteiger charge is -2.25. The van der Waals surface area contributed by atoms with E-state index in [-0.39, 0.29) is 0 Å². The zero-order valence-corrected chi connectivity index (χ0v) is 12.9. The number of fused-ring (bicyclic) bond motifs is 2. The van der Waals surface area contributed by atoms with Crippen molar-refractivity contribution in [1.82, 2.24) is 14.5 Å². The van der Waals surface area contributed by atoms with Crippen molar-refractivity contribution in [2.45, 2.75) is 25.3 Å². The maximum absolute atomic E-state index is 6.01. The molecule has 4 rings (SSSR count). The molecule has 106 valence electrons. The Hall–Kier alpha value is -1.65. The first-order valence-corrected chi connectivity index (χ1v) is 7.83. The highest BCUT2D eigenvalue weighted by Gasteiger charge is 2.22. The number of pyridine rings is 1. The summed E-state index contributed by atoms with van der Waals surface area (Å²) in [5.41, 5.74) is 4.68. The zero-order valence-electron chi connectivity index (χ0n) is 11.3. The van der Waals surface area contributed by atoms with E-state index in [0.717, 1.165) is 35.2 Å². The van der Waals surface area contributed by atoms with Crippen LogP contribution in [0.25, 0.3) is 11.2 Å². The van der Waals surface area contributed by atoms with Gasteiger partial charge in [-0.05, 0) is 48.7 Å². The van der Waals surface area contributed by atoms with E-state index in [0.29, 0.717) is 11.1 Å². The second-order valence-electron chi connectivity index (χ2n) is 5.49. The summed E-state index contributed by atoms with van der Waals surface area (Å²) in [5.74, 6) is 0. The van der Waals surface area contributed by atoms with Gasteiger partial charge in [0, 0.05) is 12.2 Å². The molecule has 1 N–H and O–H groups in total. The Morgan fingerprint density at radius 2 is 2.10 bits per heavy atom. The number of hydrogen-bond acceptors (Lipinski definition) is 2. The Morgan fingerprint density at radius 3 is 2.95 bits per heavy atom. The van der Waals surface area contributed by atoms with Gasteiger partial charge in [0.05, 0.1) is 10.5 Å². The van der Waals surface area contributed by atoms with Crippen LogP contribution in [-0.2, 0) is 12.8 Å². The molecule has 1 unspecified atom stereocenters. The maximum Gasteiger partial charge on any atom is 0.179 e. The van der Waals surface area contributed by atoms with E-state index in [1.165, 1.54) is 11.1 Å². The van der Waals surface area contributed by atoms with Gasteiger partial charge < -0.3 is 4.98 Å². The molecule has 3 aromatic rings. The molecule has 0 amide bonds. The Balaban J connectivity index is 1.81. The van der Waals surface area contributed by atoms with Gasteiger partial charge in [0.15, 0.2) is 10.4 Å². The topological polar surface area (TPSA) is 33.6 Å². The van der Waals surface area contributed by atoms with Crippen LogP contribution in [0.5, 0.6) is 0 Å². The predicted octanol–water partition coefficient (Wildman–Crippen LogP) is 4.48. The van der Waals surface area contributed by atoms with E-state index < -0.39 is 0 Å². The van der Waals surface area contributed by atoms with Gasteiger partial charge in [-0.25, -0.2) is 4.98 Å². The minimum absolute atomic E-state index is 0.356. The summed E-state index contributed by atoms with van der Waals surface area (Å²) in [4.78, 5) is 7.69. The molecule has 1 atom stereocenters. The van der Waals surface area contributed by atoms with Gasteiger partial charge in [0.2, 0.25) is 0 Å². The summed E-state index contributed by atoms with van der Waals surface area (Å²) in [7, 11) is 0. The number of aromatic amines is 1. The number of aryl methyl sites for hydroxylation is 1. The van der Waals surface area contributed by atoms with E-state index in [1.807, 2.05) is 6.07 Å². The summed E-state index contributed by atoms with van der Waals surface area (Å²) in [5, 5.41) is 0.625. The Morgan fingerprint density at radius 1 is 1.29 bits per heavy atom. The third-order valence-electron chi connectivity index (χ3n) is 4.21. The number of aromatic nitrogens is 3. The molecule has 0 bridgehead atoms. The lowest BCUT2D eigenvalue weighted by molar-refractivity contribution is 0.446. The number of hydrogen-bond donors (Lipinski definition) is 1. The molecule has 1 aliphatic carbocycles. The average Bonchev–Trinajstić information content (AvgIpc) is 2.81. The van der Waals surface area contributed by atoms with Crippen LogP contribution in [0, 0.1) is 4.77 Å². The van der Waals surface area contributed by atoms with Crippen LogP contribution in [0.1, 0.15) is 23.6 Å². The Kier molecular flexibility index (Phi) is 3.08. The fraction of sp³-hybridized carbons (Fsp3) is 0.250. The van der Waals surface area contributed by atoms with Crippen molar-refractivity contribution in [2.24, 2.45) is 0 Å². The van der Waals surface area contributed by atoms with Gasteiger partial charge in [-0.2, -0.15) is 0 Å². The van der Waals surface area contributed by atoms with Crippen LogP contribution in [0.3, 0.4) is 0 Å². The summed E-state index contributed by atoms with van der Waals surface area (Å²) >= 11 is 11.5. The molecule has 5 heteroatoms. The fourth-order valence-corrected chi connectivity index (χ4v) is 3.73. The lowest BCUT2D eigenvalue weighted by atomic mass is 9.88. The normalized spacial score (nSPS) is 17.9. The summed E-state index contributed by atoms with van der Waals surface area (Å²) in [6.07, 6.45) is 4.85. The van der Waals surface area contributed by atoms with Crippen LogP contribution in [0.2, 0.25) is 5.02 Å². The SMILES string of the molecule is S=c1[nH]c2cc(Cl)cnc2n1C1CCc2ccccc2C1. The highest BCUT2D eigenvalue weighted by atomic mass is 35.5. The molecule has 0 saturated carbocycles. The number of imidazole rings is 1. The van der Waals surface area contributed by atoms with Gasteiger partial charge in [0.1, 0.15) is 0 Å². The Labute approximate surface area is 132 Å². The standard InChI is InChI=1S/C16H14ClN3S/c17-12-8-14-15(18-9-12)20(16(21)19-14)13-6-5-10-3-1-2-4-11(10)7-13/h1-4,8-9,13H,5-7H2,(H,19,21).